The molecule has 6 rings (SSSR count). The molecule has 0 spiro atoms. The molecule has 0 radical (unpaired) electrons. The number of aliphatic hydroxyl groups is 5. The lowest BCUT2D eigenvalue weighted by atomic mass is 9.90. The molecule has 0 bridgehead atoms. The van der Waals surface area contributed by atoms with Gasteiger partial charge in [-0.25, -0.2) is 4.39 Å². The smallest absolute Gasteiger partial charge is 0.141 e. The Morgan fingerprint density at radius 3 is 2.19 bits per heavy atom. The van der Waals surface area contributed by atoms with Crippen LogP contribution in [-0.4, -0.2) is 71.2 Å². The van der Waals surface area contributed by atoms with Gasteiger partial charge in [0.25, 0.3) is 0 Å². The molecule has 0 saturated carbocycles. The summed E-state index contributed by atoms with van der Waals surface area (Å²) in [6.45, 7) is -0.507. The number of halogens is 1. The van der Waals surface area contributed by atoms with Gasteiger partial charge in [-0.15, -0.1) is 0 Å². The maximum absolute atomic E-state index is 13.4. The Morgan fingerprint density at radius 2 is 1.53 bits per heavy atom. The SMILES string of the molecule is OCC1OC(c2ccc(-c3ccc(C4C(CCC(O)c5ccc(F)cc5)SC(=S)N4c4ccccc4)c(O)c3)cc2)C(O)C(O)C1O. The normalized spacial score (nSPS) is 26.8. The first-order valence-corrected chi connectivity index (χ1v) is 16.7. The van der Waals surface area contributed by atoms with Gasteiger partial charge in [0.1, 0.15) is 46.4 Å². The van der Waals surface area contributed by atoms with E-state index in [9.17, 15) is 35.0 Å². The Labute approximate surface area is 281 Å². The highest BCUT2D eigenvalue weighted by Gasteiger charge is 2.44. The molecule has 47 heavy (non-hydrogen) atoms. The highest BCUT2D eigenvalue weighted by atomic mass is 32.2. The van der Waals surface area contributed by atoms with E-state index in [0.717, 1.165) is 16.8 Å². The van der Waals surface area contributed by atoms with Gasteiger partial charge in [0, 0.05) is 16.5 Å². The number of hydrogen-bond acceptors (Lipinski definition) is 9. The zero-order valence-electron chi connectivity index (χ0n) is 25.2. The molecule has 0 amide bonds. The van der Waals surface area contributed by atoms with Crippen LogP contribution in [0.15, 0.2) is 97.1 Å². The second-order valence-corrected chi connectivity index (χ2v) is 13.7. The zero-order chi connectivity index (χ0) is 33.2. The number of anilines is 1. The number of hydrogen-bond donors (Lipinski definition) is 6. The fourth-order valence-corrected chi connectivity index (χ4v) is 8.16. The van der Waals surface area contributed by atoms with Crippen LogP contribution in [0.4, 0.5) is 10.1 Å². The van der Waals surface area contributed by atoms with E-state index in [0.29, 0.717) is 33.9 Å². The summed E-state index contributed by atoms with van der Waals surface area (Å²) in [4.78, 5) is 2.04. The lowest BCUT2D eigenvalue weighted by Crippen LogP contribution is -2.55. The molecule has 2 fully saturated rings. The third-order valence-corrected chi connectivity index (χ3v) is 10.6. The molecular weight excluding hydrogens is 642 g/mol. The second kappa shape index (κ2) is 14.4. The van der Waals surface area contributed by atoms with Crippen LogP contribution in [-0.2, 0) is 4.74 Å². The van der Waals surface area contributed by atoms with Crippen LogP contribution >= 0.6 is 24.0 Å². The molecule has 2 saturated heterocycles. The van der Waals surface area contributed by atoms with Gasteiger partial charge in [-0.05, 0) is 65.4 Å². The van der Waals surface area contributed by atoms with E-state index < -0.39 is 43.2 Å². The van der Waals surface area contributed by atoms with Crippen LogP contribution < -0.4 is 4.90 Å². The first kappa shape index (κ1) is 33.5. The van der Waals surface area contributed by atoms with Gasteiger partial charge in [-0.3, -0.25) is 0 Å². The number of ether oxygens (including phenoxy) is 1. The topological polar surface area (TPSA) is 134 Å². The monoisotopic (exact) mass is 677 g/mol. The van der Waals surface area contributed by atoms with Gasteiger partial charge in [-0.2, -0.15) is 0 Å². The van der Waals surface area contributed by atoms with Crippen molar-refractivity contribution in [2.75, 3.05) is 11.5 Å². The molecule has 4 aromatic rings. The van der Waals surface area contributed by atoms with Gasteiger partial charge in [0.15, 0.2) is 0 Å². The van der Waals surface area contributed by atoms with Crippen molar-refractivity contribution < 1.29 is 39.8 Å². The van der Waals surface area contributed by atoms with E-state index in [-0.39, 0.29) is 22.9 Å². The molecule has 4 aromatic carbocycles. The van der Waals surface area contributed by atoms with E-state index in [2.05, 4.69) is 0 Å². The summed E-state index contributed by atoms with van der Waals surface area (Å²) >= 11 is 7.38. The molecule has 8 atom stereocenters. The van der Waals surface area contributed by atoms with Crippen LogP contribution in [0.25, 0.3) is 11.1 Å². The molecule has 0 aromatic heterocycles. The van der Waals surface area contributed by atoms with Crippen molar-refractivity contribution in [2.45, 2.75) is 60.8 Å². The second-order valence-electron chi connectivity index (χ2n) is 11.9. The molecule has 2 aliphatic rings. The number of aromatic hydroxyl groups is 1. The lowest BCUT2D eigenvalue weighted by molar-refractivity contribution is -0.231. The minimum absolute atomic E-state index is 0.0841. The largest absolute Gasteiger partial charge is 0.508 e. The number of aliphatic hydroxyl groups excluding tert-OH is 5. The van der Waals surface area contributed by atoms with Crippen LogP contribution in [0.3, 0.4) is 0 Å². The van der Waals surface area contributed by atoms with Gasteiger partial charge in [0.05, 0.1) is 18.8 Å². The van der Waals surface area contributed by atoms with Crippen molar-refractivity contribution in [3.63, 3.8) is 0 Å². The molecule has 2 aliphatic heterocycles. The van der Waals surface area contributed by atoms with Crippen LogP contribution in [0.2, 0.25) is 0 Å². The van der Waals surface area contributed by atoms with E-state index in [1.807, 2.05) is 59.5 Å². The Balaban J connectivity index is 1.25. The number of nitrogens with zero attached hydrogens (tertiary/aromatic N) is 1. The average molecular weight is 678 g/mol. The molecular formula is C36H36FNO7S2. The highest BCUT2D eigenvalue weighted by Crippen LogP contribution is 2.49. The van der Waals surface area contributed by atoms with Crippen molar-refractivity contribution in [2.24, 2.45) is 0 Å². The van der Waals surface area contributed by atoms with Gasteiger partial charge in [-0.1, -0.05) is 90.7 Å². The Bertz CT molecular complexity index is 1680. The predicted molar refractivity (Wildman–Crippen MR) is 182 cm³/mol. The third kappa shape index (κ3) is 6.94. The first-order chi connectivity index (χ1) is 22.7. The third-order valence-electron chi connectivity index (χ3n) is 8.91. The first-order valence-electron chi connectivity index (χ1n) is 15.4. The number of phenols is 1. The molecule has 0 aliphatic carbocycles. The minimum atomic E-state index is -1.47. The standard InChI is InChI=1S/C36H36FNO7S2/c37-24-13-10-21(11-14-24)27(40)16-17-30-31(38(36(46)47-30)25-4-2-1-3-5-25)26-15-12-23(18-28(26)41)20-6-8-22(9-7-20)35-34(44)33(43)32(42)29(19-39)45-35/h1-15,18,27,29-35,39-44H,16-17,19H2. The Hall–Kier alpha value is -3.39. The van der Waals surface area contributed by atoms with Crippen molar-refractivity contribution in [1.29, 1.82) is 0 Å². The molecule has 246 valence electrons. The highest BCUT2D eigenvalue weighted by molar-refractivity contribution is 8.24. The number of benzene rings is 4. The molecule has 2 heterocycles. The summed E-state index contributed by atoms with van der Waals surface area (Å²) in [7, 11) is 0. The molecule has 8 nitrogen and oxygen atoms in total. The summed E-state index contributed by atoms with van der Waals surface area (Å²) in [5.74, 6) is -0.277. The van der Waals surface area contributed by atoms with Crippen molar-refractivity contribution in [3.05, 3.63) is 120 Å². The number of thiocarbonyl (C=S) groups is 1. The predicted octanol–water partition coefficient (Wildman–Crippen LogP) is 5.18. The van der Waals surface area contributed by atoms with Crippen molar-refractivity contribution >= 4 is 34.0 Å². The summed E-state index contributed by atoms with van der Waals surface area (Å²) < 4.78 is 19.8. The fourth-order valence-electron chi connectivity index (χ4n) is 6.33. The molecule has 6 N–H and O–H groups in total. The number of thioether (sulfide) groups is 1. The molecule has 11 heteroatoms. The van der Waals surface area contributed by atoms with Crippen LogP contribution in [0.5, 0.6) is 5.75 Å². The molecule has 8 unspecified atom stereocenters. The number of rotatable bonds is 9. The van der Waals surface area contributed by atoms with Gasteiger partial charge >= 0.3 is 0 Å². The lowest BCUT2D eigenvalue weighted by Gasteiger charge is -2.40. The quantitative estimate of drug-likeness (QED) is 0.132. The van der Waals surface area contributed by atoms with E-state index in [1.165, 1.54) is 23.9 Å². The van der Waals surface area contributed by atoms with Crippen LogP contribution in [0.1, 0.15) is 47.8 Å². The fraction of sp³-hybridized carbons (Fsp3) is 0.306. The van der Waals surface area contributed by atoms with E-state index in [4.69, 9.17) is 17.0 Å². The minimum Gasteiger partial charge on any atom is -0.508 e. The Morgan fingerprint density at radius 1 is 0.851 bits per heavy atom. The van der Waals surface area contributed by atoms with Crippen LogP contribution in [0, 0.1) is 5.82 Å². The van der Waals surface area contributed by atoms with E-state index >= 15 is 0 Å². The van der Waals surface area contributed by atoms with Gasteiger partial charge in [0.2, 0.25) is 0 Å². The maximum Gasteiger partial charge on any atom is 0.141 e. The Kier molecular flexibility index (Phi) is 10.3. The number of para-hydroxylation sites is 1. The maximum atomic E-state index is 13.4. The summed E-state index contributed by atoms with van der Waals surface area (Å²) in [6, 6.07) is 27.8. The van der Waals surface area contributed by atoms with E-state index in [1.54, 1.807) is 30.3 Å². The zero-order valence-corrected chi connectivity index (χ0v) is 26.8. The summed E-state index contributed by atoms with van der Waals surface area (Å²) in [5, 5.41) is 62.6. The average Bonchev–Trinajstić information content (AvgIpc) is 3.42. The summed E-state index contributed by atoms with van der Waals surface area (Å²) in [5.41, 5.74) is 4.31. The summed E-state index contributed by atoms with van der Waals surface area (Å²) in [6.07, 6.45) is -6.01. The number of phenolic OH excluding ortho intramolecular Hbond substituents is 1. The van der Waals surface area contributed by atoms with Gasteiger partial charge < -0.3 is 40.3 Å². The van der Waals surface area contributed by atoms with Crippen molar-refractivity contribution in [1.82, 2.24) is 0 Å². The van der Waals surface area contributed by atoms with Crippen molar-refractivity contribution in [3.8, 4) is 16.9 Å².